The second-order valence-electron chi connectivity index (χ2n) is 5.66. The molecule has 0 heterocycles. The molecule has 0 spiro atoms. The van der Waals surface area contributed by atoms with Gasteiger partial charge in [0.25, 0.3) is 0 Å². The van der Waals surface area contributed by atoms with Gasteiger partial charge in [0.15, 0.2) is 0 Å². The van der Waals surface area contributed by atoms with Crippen molar-refractivity contribution in [2.75, 3.05) is 0 Å². The van der Waals surface area contributed by atoms with E-state index in [0.717, 1.165) is 4.43 Å². The Morgan fingerprint density at radius 2 is 1.56 bits per heavy atom. The quantitative estimate of drug-likeness (QED) is 0.490. The lowest BCUT2D eigenvalue weighted by atomic mass is 9.86. The predicted octanol–water partition coefficient (Wildman–Crippen LogP) is 5.59. The summed E-state index contributed by atoms with van der Waals surface area (Å²) in [6.45, 7) is 6.75. The summed E-state index contributed by atoms with van der Waals surface area (Å²) in [5.41, 5.74) is 5.60. The molecule has 0 saturated heterocycles. The Morgan fingerprint density at radius 1 is 0.889 bits per heavy atom. The maximum Gasteiger partial charge on any atom is 0.0247 e. The van der Waals surface area contributed by atoms with Crippen LogP contribution >= 0.6 is 22.6 Å². The van der Waals surface area contributed by atoms with Crippen LogP contribution in [0.25, 0.3) is 11.1 Å². The van der Waals surface area contributed by atoms with Gasteiger partial charge >= 0.3 is 0 Å². The van der Waals surface area contributed by atoms with Crippen molar-refractivity contribution < 1.29 is 0 Å². The standard InChI is InChI=1S/C17H19I/c1-17(2,3)16-9-7-14(8-10-16)15-6-4-5-13(11-15)12-18/h4-11H,12H2,1-3H3. The molecule has 0 atom stereocenters. The smallest absolute Gasteiger partial charge is 0.0247 e. The minimum atomic E-state index is 0.225. The highest BCUT2D eigenvalue weighted by Gasteiger charge is 2.12. The second kappa shape index (κ2) is 5.43. The van der Waals surface area contributed by atoms with Gasteiger partial charge in [-0.15, -0.1) is 0 Å². The topological polar surface area (TPSA) is 0 Å². The molecule has 0 unspecified atom stereocenters. The molecule has 94 valence electrons. The molecule has 1 heteroatoms. The summed E-state index contributed by atoms with van der Waals surface area (Å²) in [5, 5.41) is 0. The lowest BCUT2D eigenvalue weighted by Gasteiger charge is -2.19. The Hall–Kier alpha value is -0.830. The van der Waals surface area contributed by atoms with Gasteiger partial charge in [-0.05, 0) is 27.7 Å². The Bertz CT molecular complexity index is 518. The van der Waals surface area contributed by atoms with Crippen LogP contribution < -0.4 is 0 Å². The normalized spacial score (nSPS) is 11.6. The number of rotatable bonds is 2. The summed E-state index contributed by atoms with van der Waals surface area (Å²) in [7, 11) is 0. The maximum atomic E-state index is 2.41. The molecule has 0 fully saturated rings. The molecule has 0 saturated carbocycles. The van der Waals surface area contributed by atoms with Gasteiger partial charge in [-0.3, -0.25) is 0 Å². The summed E-state index contributed by atoms with van der Waals surface area (Å²) in [6.07, 6.45) is 0. The van der Waals surface area contributed by atoms with Crippen LogP contribution in [0.15, 0.2) is 48.5 Å². The molecule has 2 aromatic rings. The molecule has 2 aromatic carbocycles. The largest absolute Gasteiger partial charge is 0.0812 e. The fourth-order valence-electron chi connectivity index (χ4n) is 2.00. The Morgan fingerprint density at radius 3 is 2.11 bits per heavy atom. The minimum Gasteiger partial charge on any atom is -0.0812 e. The van der Waals surface area contributed by atoms with Crippen molar-refractivity contribution in [2.45, 2.75) is 30.6 Å². The molecular weight excluding hydrogens is 331 g/mol. The minimum absolute atomic E-state index is 0.225. The number of halogens is 1. The van der Waals surface area contributed by atoms with Gasteiger partial charge in [-0.2, -0.15) is 0 Å². The van der Waals surface area contributed by atoms with Crippen LogP contribution in [0, 0.1) is 0 Å². The molecule has 0 bridgehead atoms. The SMILES string of the molecule is CC(C)(C)c1ccc(-c2cccc(CI)c2)cc1. The van der Waals surface area contributed by atoms with Crippen molar-refractivity contribution in [2.24, 2.45) is 0 Å². The highest BCUT2D eigenvalue weighted by atomic mass is 127. The van der Waals surface area contributed by atoms with Gasteiger partial charge in [0.2, 0.25) is 0 Å². The van der Waals surface area contributed by atoms with Crippen LogP contribution in [0.3, 0.4) is 0 Å². The second-order valence-corrected chi connectivity index (χ2v) is 6.42. The number of hydrogen-bond donors (Lipinski definition) is 0. The third-order valence-electron chi connectivity index (χ3n) is 3.17. The zero-order chi connectivity index (χ0) is 13.2. The summed E-state index contributed by atoms with van der Waals surface area (Å²) >= 11 is 2.41. The molecule has 2 rings (SSSR count). The summed E-state index contributed by atoms with van der Waals surface area (Å²) in [6, 6.07) is 17.7. The predicted molar refractivity (Wildman–Crippen MR) is 88.3 cm³/mol. The van der Waals surface area contributed by atoms with E-state index in [-0.39, 0.29) is 5.41 Å². The first-order valence-electron chi connectivity index (χ1n) is 6.26. The number of alkyl halides is 1. The van der Waals surface area contributed by atoms with Crippen LogP contribution in [-0.4, -0.2) is 0 Å². The van der Waals surface area contributed by atoms with Crippen molar-refractivity contribution >= 4 is 22.6 Å². The Labute approximate surface area is 124 Å². The van der Waals surface area contributed by atoms with E-state index in [2.05, 4.69) is 91.9 Å². The van der Waals surface area contributed by atoms with E-state index in [4.69, 9.17) is 0 Å². The third-order valence-corrected chi connectivity index (χ3v) is 4.05. The molecule has 0 aliphatic rings. The fraction of sp³-hybridized carbons (Fsp3) is 0.294. The first-order valence-corrected chi connectivity index (χ1v) is 7.79. The van der Waals surface area contributed by atoms with Crippen molar-refractivity contribution in [3.05, 3.63) is 59.7 Å². The van der Waals surface area contributed by atoms with E-state index in [9.17, 15) is 0 Å². The van der Waals surface area contributed by atoms with Crippen LogP contribution in [0.1, 0.15) is 31.9 Å². The first-order chi connectivity index (χ1) is 8.50. The summed E-state index contributed by atoms with van der Waals surface area (Å²) in [5.74, 6) is 0. The van der Waals surface area contributed by atoms with Crippen LogP contribution in [0.4, 0.5) is 0 Å². The summed E-state index contributed by atoms with van der Waals surface area (Å²) < 4.78 is 1.06. The molecular formula is C17H19I. The van der Waals surface area contributed by atoms with Gasteiger partial charge in [-0.25, -0.2) is 0 Å². The van der Waals surface area contributed by atoms with Gasteiger partial charge in [0.1, 0.15) is 0 Å². The molecule has 0 aliphatic carbocycles. The van der Waals surface area contributed by atoms with Crippen LogP contribution in [-0.2, 0) is 9.84 Å². The van der Waals surface area contributed by atoms with E-state index in [1.165, 1.54) is 22.3 Å². The molecule has 0 radical (unpaired) electrons. The number of hydrogen-bond acceptors (Lipinski definition) is 0. The van der Waals surface area contributed by atoms with Crippen molar-refractivity contribution in [3.8, 4) is 11.1 Å². The van der Waals surface area contributed by atoms with E-state index in [0.29, 0.717) is 0 Å². The Balaban J connectivity index is 2.34. The van der Waals surface area contributed by atoms with E-state index in [1.807, 2.05) is 0 Å². The van der Waals surface area contributed by atoms with Crippen molar-refractivity contribution in [1.29, 1.82) is 0 Å². The zero-order valence-electron chi connectivity index (χ0n) is 11.2. The van der Waals surface area contributed by atoms with E-state index in [1.54, 1.807) is 0 Å². The van der Waals surface area contributed by atoms with Crippen molar-refractivity contribution in [1.82, 2.24) is 0 Å². The van der Waals surface area contributed by atoms with Gasteiger partial charge < -0.3 is 0 Å². The third kappa shape index (κ3) is 3.14. The lowest BCUT2D eigenvalue weighted by molar-refractivity contribution is 0.590. The first kappa shape index (κ1) is 13.6. The molecule has 0 amide bonds. The maximum absolute atomic E-state index is 2.41. The molecule has 0 nitrogen and oxygen atoms in total. The Kier molecular flexibility index (Phi) is 4.10. The average molecular weight is 350 g/mol. The molecule has 0 aromatic heterocycles. The van der Waals surface area contributed by atoms with Gasteiger partial charge in [0, 0.05) is 4.43 Å². The summed E-state index contributed by atoms with van der Waals surface area (Å²) in [4.78, 5) is 0. The van der Waals surface area contributed by atoms with Crippen LogP contribution in [0.5, 0.6) is 0 Å². The molecule has 0 N–H and O–H groups in total. The van der Waals surface area contributed by atoms with Gasteiger partial charge in [-0.1, -0.05) is 91.9 Å². The lowest BCUT2D eigenvalue weighted by Crippen LogP contribution is -2.10. The molecule has 0 aliphatic heterocycles. The highest BCUT2D eigenvalue weighted by Crippen LogP contribution is 2.26. The van der Waals surface area contributed by atoms with Gasteiger partial charge in [0.05, 0.1) is 0 Å². The number of benzene rings is 2. The molecule has 18 heavy (non-hydrogen) atoms. The fourth-order valence-corrected chi connectivity index (χ4v) is 2.47. The monoisotopic (exact) mass is 350 g/mol. The average Bonchev–Trinajstić information content (AvgIpc) is 2.38. The van der Waals surface area contributed by atoms with E-state index < -0.39 is 0 Å². The van der Waals surface area contributed by atoms with Crippen LogP contribution in [0.2, 0.25) is 0 Å². The highest BCUT2D eigenvalue weighted by molar-refractivity contribution is 14.1. The van der Waals surface area contributed by atoms with E-state index >= 15 is 0 Å². The zero-order valence-corrected chi connectivity index (χ0v) is 13.4. The van der Waals surface area contributed by atoms with Crippen molar-refractivity contribution in [3.63, 3.8) is 0 Å².